The van der Waals surface area contributed by atoms with Gasteiger partial charge in [-0.25, -0.2) is 4.39 Å². The number of fused-ring (bicyclic) bond motifs is 1. The zero-order valence-corrected chi connectivity index (χ0v) is 17.4. The molecule has 4 aromatic rings. The highest BCUT2D eigenvalue weighted by Gasteiger charge is 2.35. The van der Waals surface area contributed by atoms with Gasteiger partial charge in [0.2, 0.25) is 10.1 Å². The molecule has 6 nitrogen and oxygen atoms in total. The van der Waals surface area contributed by atoms with Gasteiger partial charge in [0.25, 0.3) is 5.91 Å². The van der Waals surface area contributed by atoms with E-state index in [9.17, 15) is 27.6 Å². The number of nitrogens with zero attached hydrogens (tertiary/aromatic N) is 4. The fourth-order valence-corrected chi connectivity index (χ4v) is 3.79. The Morgan fingerprint density at radius 1 is 1.15 bits per heavy atom. The Hall–Kier alpha value is -4.04. The Labute approximate surface area is 188 Å². The maximum Gasteiger partial charge on any atom is 0.445 e. The summed E-state index contributed by atoms with van der Waals surface area (Å²) in [6.45, 7) is 0.222. The molecule has 0 fully saturated rings. The van der Waals surface area contributed by atoms with Crippen LogP contribution >= 0.6 is 11.3 Å². The number of para-hydroxylation sites is 1. The maximum atomic E-state index is 14.1. The van der Waals surface area contributed by atoms with Crippen molar-refractivity contribution in [2.45, 2.75) is 12.7 Å². The molecule has 0 spiro atoms. The van der Waals surface area contributed by atoms with Crippen LogP contribution < -0.4 is 5.32 Å². The number of hydrogen-bond acceptors (Lipinski definition) is 5. The van der Waals surface area contributed by atoms with E-state index in [0.29, 0.717) is 16.5 Å². The summed E-state index contributed by atoms with van der Waals surface area (Å²) >= 11 is 0.156. The lowest BCUT2D eigenvalue weighted by molar-refractivity contribution is -0.138. The lowest BCUT2D eigenvalue weighted by atomic mass is 10.1. The standard InChI is InChI=1S/C22H13F4N5OS/c23-17-7-3-1-5-13(17)11-31-12-15(16-6-2-4-8-18(16)31)9-14(10-27)19(32)28-21-30-29-20(33-21)22(24,25)26/h1-9,12H,11H2,(H,28,30,32)/b14-9-. The van der Waals surface area contributed by atoms with Crippen LogP contribution in [0.5, 0.6) is 0 Å². The van der Waals surface area contributed by atoms with E-state index in [1.54, 1.807) is 53.2 Å². The van der Waals surface area contributed by atoms with Gasteiger partial charge in [-0.2, -0.15) is 18.4 Å². The topological polar surface area (TPSA) is 83.6 Å². The molecule has 0 aliphatic heterocycles. The number of alkyl halides is 3. The number of carbonyl (C=O) groups excluding carboxylic acids is 1. The molecule has 0 unspecified atom stereocenters. The lowest BCUT2D eigenvalue weighted by Gasteiger charge is -2.06. The number of hydrogen-bond donors (Lipinski definition) is 1. The van der Waals surface area contributed by atoms with Crippen LogP contribution in [0.15, 0.2) is 60.3 Å². The van der Waals surface area contributed by atoms with E-state index in [1.807, 2.05) is 6.07 Å². The van der Waals surface area contributed by atoms with Crippen molar-refractivity contribution in [2.75, 3.05) is 5.32 Å². The van der Waals surface area contributed by atoms with Gasteiger partial charge >= 0.3 is 6.18 Å². The molecular weight excluding hydrogens is 458 g/mol. The van der Waals surface area contributed by atoms with Gasteiger partial charge < -0.3 is 4.57 Å². The van der Waals surface area contributed by atoms with Crippen molar-refractivity contribution in [3.05, 3.63) is 82.3 Å². The van der Waals surface area contributed by atoms with Gasteiger partial charge in [-0.15, -0.1) is 10.2 Å². The fraction of sp³-hybridized carbons (Fsp3) is 0.0909. The third-order valence-corrected chi connectivity index (χ3v) is 5.55. The highest BCUT2D eigenvalue weighted by molar-refractivity contribution is 7.15. The monoisotopic (exact) mass is 471 g/mol. The SMILES string of the molecule is N#C/C(=C/c1cn(Cc2ccccc2F)c2ccccc12)C(=O)Nc1nnc(C(F)(F)F)s1. The number of benzene rings is 2. The van der Waals surface area contributed by atoms with Crippen molar-refractivity contribution in [3.8, 4) is 6.07 Å². The number of rotatable bonds is 5. The molecule has 33 heavy (non-hydrogen) atoms. The summed E-state index contributed by atoms with van der Waals surface area (Å²) in [6, 6.07) is 15.3. The van der Waals surface area contributed by atoms with Crippen molar-refractivity contribution >= 4 is 39.4 Å². The van der Waals surface area contributed by atoms with Gasteiger partial charge in [0.1, 0.15) is 17.5 Å². The van der Waals surface area contributed by atoms with Gasteiger partial charge in [-0.1, -0.05) is 47.7 Å². The molecule has 0 aliphatic rings. The minimum atomic E-state index is -4.69. The average molecular weight is 471 g/mol. The summed E-state index contributed by atoms with van der Waals surface area (Å²) in [5.41, 5.74) is 1.39. The van der Waals surface area contributed by atoms with E-state index in [2.05, 4.69) is 15.5 Å². The van der Waals surface area contributed by atoms with Crippen molar-refractivity contribution in [2.24, 2.45) is 0 Å². The van der Waals surface area contributed by atoms with Crippen LogP contribution in [0, 0.1) is 17.1 Å². The molecule has 1 N–H and O–H groups in total. The molecule has 4 rings (SSSR count). The van der Waals surface area contributed by atoms with Crippen molar-refractivity contribution in [3.63, 3.8) is 0 Å². The Balaban J connectivity index is 1.65. The van der Waals surface area contributed by atoms with E-state index in [-0.39, 0.29) is 34.4 Å². The summed E-state index contributed by atoms with van der Waals surface area (Å²) in [7, 11) is 0. The molecule has 2 heterocycles. The Kier molecular flexibility index (Phi) is 5.93. The first-order chi connectivity index (χ1) is 15.8. The number of aromatic nitrogens is 3. The zero-order valence-electron chi connectivity index (χ0n) is 16.6. The normalized spacial score (nSPS) is 12.0. The van der Waals surface area contributed by atoms with Crippen LogP contribution in [0.1, 0.15) is 16.1 Å². The number of nitriles is 1. The first-order valence-electron chi connectivity index (χ1n) is 9.41. The molecule has 0 aliphatic carbocycles. The number of amides is 1. The molecule has 2 aromatic heterocycles. The third-order valence-electron chi connectivity index (χ3n) is 4.67. The number of anilines is 1. The predicted octanol–water partition coefficient (Wildman–Crippen LogP) is 5.24. The molecular formula is C22H13F4N5OS. The third kappa shape index (κ3) is 4.75. The minimum Gasteiger partial charge on any atom is -0.342 e. The second-order valence-corrected chi connectivity index (χ2v) is 7.83. The van der Waals surface area contributed by atoms with Gasteiger partial charge in [0.15, 0.2) is 0 Å². The van der Waals surface area contributed by atoms with E-state index >= 15 is 0 Å². The fourth-order valence-electron chi connectivity index (χ4n) is 3.19. The average Bonchev–Trinajstić information content (AvgIpc) is 3.39. The Morgan fingerprint density at radius 2 is 1.88 bits per heavy atom. The first kappa shape index (κ1) is 22.2. The van der Waals surface area contributed by atoms with Crippen molar-refractivity contribution in [1.82, 2.24) is 14.8 Å². The quantitative estimate of drug-likeness (QED) is 0.245. The molecule has 0 saturated heterocycles. The highest BCUT2D eigenvalue weighted by Crippen LogP contribution is 2.33. The van der Waals surface area contributed by atoms with Crippen LogP contribution in [0.3, 0.4) is 0 Å². The second kappa shape index (κ2) is 8.84. The highest BCUT2D eigenvalue weighted by atomic mass is 32.1. The predicted molar refractivity (Wildman–Crippen MR) is 115 cm³/mol. The van der Waals surface area contributed by atoms with Crippen LogP contribution in [0.25, 0.3) is 17.0 Å². The van der Waals surface area contributed by atoms with Crippen LogP contribution in [-0.2, 0) is 17.5 Å². The zero-order chi connectivity index (χ0) is 23.6. The van der Waals surface area contributed by atoms with Crippen LogP contribution in [0.2, 0.25) is 0 Å². The lowest BCUT2D eigenvalue weighted by Crippen LogP contribution is -2.13. The first-order valence-corrected chi connectivity index (χ1v) is 10.2. The van der Waals surface area contributed by atoms with Crippen molar-refractivity contribution < 1.29 is 22.4 Å². The molecule has 166 valence electrons. The van der Waals surface area contributed by atoms with Gasteiger partial charge in [-0.05, 0) is 18.2 Å². The summed E-state index contributed by atoms with van der Waals surface area (Å²) in [5, 5.41) is 17.1. The molecule has 0 atom stereocenters. The number of carbonyl (C=O) groups is 1. The Bertz CT molecular complexity index is 1410. The van der Waals surface area contributed by atoms with E-state index in [4.69, 9.17) is 0 Å². The molecule has 0 radical (unpaired) electrons. The van der Waals surface area contributed by atoms with E-state index in [0.717, 1.165) is 5.52 Å². The molecule has 0 saturated carbocycles. The summed E-state index contributed by atoms with van der Waals surface area (Å²) in [5.74, 6) is -1.28. The van der Waals surface area contributed by atoms with Crippen LogP contribution in [0.4, 0.5) is 22.7 Å². The molecule has 2 aromatic carbocycles. The summed E-state index contributed by atoms with van der Waals surface area (Å²) in [4.78, 5) is 12.5. The summed E-state index contributed by atoms with van der Waals surface area (Å²) < 4.78 is 54.0. The molecule has 1 amide bonds. The molecule has 11 heteroatoms. The second-order valence-electron chi connectivity index (χ2n) is 6.85. The summed E-state index contributed by atoms with van der Waals surface area (Å²) in [6.07, 6.45) is -1.69. The van der Waals surface area contributed by atoms with Crippen molar-refractivity contribution in [1.29, 1.82) is 5.26 Å². The number of halogens is 4. The Morgan fingerprint density at radius 3 is 2.58 bits per heavy atom. The van der Waals surface area contributed by atoms with Crippen LogP contribution in [-0.4, -0.2) is 20.7 Å². The van der Waals surface area contributed by atoms with Gasteiger partial charge in [-0.3, -0.25) is 10.1 Å². The van der Waals surface area contributed by atoms with E-state index in [1.165, 1.54) is 12.1 Å². The molecule has 0 bridgehead atoms. The van der Waals surface area contributed by atoms with Gasteiger partial charge in [0, 0.05) is 28.2 Å². The number of nitrogens with one attached hydrogen (secondary N) is 1. The maximum absolute atomic E-state index is 14.1. The van der Waals surface area contributed by atoms with Gasteiger partial charge in [0.05, 0.1) is 6.54 Å². The smallest absolute Gasteiger partial charge is 0.342 e. The van der Waals surface area contributed by atoms with E-state index < -0.39 is 17.1 Å². The minimum absolute atomic E-state index is 0.156. The largest absolute Gasteiger partial charge is 0.445 e.